The fraction of sp³-hybridized carbons (Fsp3) is 0.200. The molecule has 0 amide bonds. The summed E-state index contributed by atoms with van der Waals surface area (Å²) in [6.07, 6.45) is 1.75. The summed E-state index contributed by atoms with van der Waals surface area (Å²) in [6.45, 7) is 5.71. The Morgan fingerprint density at radius 1 is 1.17 bits per heavy atom. The SMILES string of the molecule is CC(=O)c1ccc(Sc2cc(C)ccc2C)cn1. The summed E-state index contributed by atoms with van der Waals surface area (Å²) in [5.74, 6) is -0.00159. The van der Waals surface area contributed by atoms with Gasteiger partial charge in [-0.2, -0.15) is 0 Å². The lowest BCUT2D eigenvalue weighted by Crippen LogP contribution is -1.95. The van der Waals surface area contributed by atoms with E-state index in [1.165, 1.54) is 22.9 Å². The highest BCUT2D eigenvalue weighted by atomic mass is 32.2. The van der Waals surface area contributed by atoms with E-state index in [2.05, 4.69) is 37.0 Å². The molecule has 0 fully saturated rings. The Hall–Kier alpha value is -1.61. The maximum atomic E-state index is 11.1. The summed E-state index contributed by atoms with van der Waals surface area (Å²) in [5.41, 5.74) is 3.01. The van der Waals surface area contributed by atoms with Gasteiger partial charge in [0.1, 0.15) is 5.69 Å². The van der Waals surface area contributed by atoms with Crippen LogP contribution in [-0.2, 0) is 0 Å². The number of hydrogen-bond donors (Lipinski definition) is 0. The Kier molecular flexibility index (Phi) is 3.82. The second-order valence-corrected chi connectivity index (χ2v) is 5.42. The third kappa shape index (κ3) is 2.99. The molecule has 2 aromatic rings. The Morgan fingerprint density at radius 3 is 2.56 bits per heavy atom. The van der Waals surface area contributed by atoms with Crippen LogP contribution in [0.25, 0.3) is 0 Å². The molecular formula is C15H15NOS. The number of pyridine rings is 1. The standard InChI is InChI=1S/C15H15NOS/c1-10-4-5-11(2)15(8-10)18-13-6-7-14(12(3)17)16-9-13/h4-9H,1-3H3. The normalized spacial score (nSPS) is 10.4. The number of Topliss-reactive ketones (excluding diaryl/α,β-unsaturated/α-hetero) is 1. The van der Waals surface area contributed by atoms with Gasteiger partial charge in [0.25, 0.3) is 0 Å². The van der Waals surface area contributed by atoms with Gasteiger partial charge in [-0.25, -0.2) is 0 Å². The molecule has 2 nitrogen and oxygen atoms in total. The highest BCUT2D eigenvalue weighted by Crippen LogP contribution is 2.30. The van der Waals surface area contributed by atoms with E-state index in [4.69, 9.17) is 0 Å². The van der Waals surface area contributed by atoms with E-state index < -0.39 is 0 Å². The molecule has 0 radical (unpaired) electrons. The average molecular weight is 257 g/mol. The van der Waals surface area contributed by atoms with Gasteiger partial charge in [-0.05, 0) is 43.2 Å². The van der Waals surface area contributed by atoms with Crippen molar-refractivity contribution in [2.75, 3.05) is 0 Å². The average Bonchev–Trinajstić information content (AvgIpc) is 2.34. The number of aryl methyl sites for hydroxylation is 2. The first-order valence-corrected chi connectivity index (χ1v) is 6.60. The highest BCUT2D eigenvalue weighted by Gasteiger charge is 2.04. The van der Waals surface area contributed by atoms with Crippen molar-refractivity contribution < 1.29 is 4.79 Å². The molecular weight excluding hydrogens is 242 g/mol. The van der Waals surface area contributed by atoms with Crippen molar-refractivity contribution in [1.29, 1.82) is 0 Å². The van der Waals surface area contributed by atoms with Gasteiger partial charge in [0.05, 0.1) is 0 Å². The first-order chi connectivity index (χ1) is 8.56. The molecule has 3 heteroatoms. The molecule has 1 aromatic carbocycles. The lowest BCUT2D eigenvalue weighted by atomic mass is 10.2. The molecule has 92 valence electrons. The van der Waals surface area contributed by atoms with Gasteiger partial charge in [0.2, 0.25) is 0 Å². The quantitative estimate of drug-likeness (QED) is 0.777. The molecule has 0 aliphatic heterocycles. The van der Waals surface area contributed by atoms with Crippen molar-refractivity contribution in [3.05, 3.63) is 53.3 Å². The molecule has 0 spiro atoms. The molecule has 0 unspecified atom stereocenters. The number of aromatic nitrogens is 1. The number of ketones is 1. The summed E-state index contributed by atoms with van der Waals surface area (Å²) >= 11 is 1.67. The fourth-order valence-electron chi connectivity index (χ4n) is 1.59. The predicted octanol–water partition coefficient (Wildman–Crippen LogP) is 4.05. The van der Waals surface area contributed by atoms with Crippen LogP contribution in [0.5, 0.6) is 0 Å². The first kappa shape index (κ1) is 12.8. The molecule has 0 bridgehead atoms. The zero-order valence-corrected chi connectivity index (χ0v) is 11.5. The van der Waals surface area contributed by atoms with Gasteiger partial charge < -0.3 is 0 Å². The molecule has 18 heavy (non-hydrogen) atoms. The minimum absolute atomic E-state index is 0.00159. The number of rotatable bonds is 3. The third-order valence-electron chi connectivity index (χ3n) is 2.67. The predicted molar refractivity (Wildman–Crippen MR) is 74.3 cm³/mol. The second-order valence-electron chi connectivity index (χ2n) is 4.31. The van der Waals surface area contributed by atoms with E-state index in [1.807, 2.05) is 6.07 Å². The van der Waals surface area contributed by atoms with Gasteiger partial charge in [0.15, 0.2) is 5.78 Å². The van der Waals surface area contributed by atoms with Gasteiger partial charge in [0, 0.05) is 22.9 Å². The summed E-state index contributed by atoms with van der Waals surface area (Å²) in [4.78, 5) is 17.6. The van der Waals surface area contributed by atoms with Gasteiger partial charge in [-0.1, -0.05) is 23.9 Å². The van der Waals surface area contributed by atoms with Gasteiger partial charge in [-0.3, -0.25) is 9.78 Å². The molecule has 0 aliphatic rings. The van der Waals surface area contributed by atoms with Crippen LogP contribution in [0, 0.1) is 13.8 Å². The number of carbonyl (C=O) groups excluding carboxylic acids is 1. The monoisotopic (exact) mass is 257 g/mol. The molecule has 1 heterocycles. The summed E-state index contributed by atoms with van der Waals surface area (Å²) in [7, 11) is 0. The van der Waals surface area contributed by atoms with Crippen molar-refractivity contribution in [2.24, 2.45) is 0 Å². The van der Waals surface area contributed by atoms with Crippen LogP contribution >= 0.6 is 11.8 Å². The third-order valence-corrected chi connectivity index (χ3v) is 3.81. The summed E-state index contributed by atoms with van der Waals surface area (Å²) in [5, 5.41) is 0. The van der Waals surface area contributed by atoms with Crippen molar-refractivity contribution in [3.63, 3.8) is 0 Å². The van der Waals surface area contributed by atoms with Crippen molar-refractivity contribution in [2.45, 2.75) is 30.6 Å². The molecule has 0 aliphatic carbocycles. The molecule has 0 saturated carbocycles. The number of nitrogens with zero attached hydrogens (tertiary/aromatic N) is 1. The molecule has 2 rings (SSSR count). The zero-order chi connectivity index (χ0) is 13.1. The highest BCUT2D eigenvalue weighted by molar-refractivity contribution is 7.99. The summed E-state index contributed by atoms with van der Waals surface area (Å²) in [6, 6.07) is 10.1. The lowest BCUT2D eigenvalue weighted by molar-refractivity contribution is 0.101. The van der Waals surface area contributed by atoms with E-state index in [0.29, 0.717) is 5.69 Å². The minimum atomic E-state index is -0.00159. The smallest absolute Gasteiger partial charge is 0.178 e. The molecule has 0 saturated heterocycles. The Bertz CT molecular complexity index is 576. The van der Waals surface area contributed by atoms with E-state index in [1.54, 1.807) is 24.0 Å². The first-order valence-electron chi connectivity index (χ1n) is 5.78. The van der Waals surface area contributed by atoms with Crippen LogP contribution in [-0.4, -0.2) is 10.8 Å². The zero-order valence-electron chi connectivity index (χ0n) is 10.7. The number of hydrogen-bond acceptors (Lipinski definition) is 3. The Balaban J connectivity index is 2.23. The van der Waals surface area contributed by atoms with Crippen LogP contribution in [0.3, 0.4) is 0 Å². The van der Waals surface area contributed by atoms with Gasteiger partial charge in [-0.15, -0.1) is 0 Å². The number of benzene rings is 1. The summed E-state index contributed by atoms with van der Waals surface area (Å²) < 4.78 is 0. The number of carbonyl (C=O) groups is 1. The van der Waals surface area contributed by atoms with Crippen LogP contribution in [0.4, 0.5) is 0 Å². The fourth-order valence-corrected chi connectivity index (χ4v) is 2.56. The second kappa shape index (κ2) is 5.36. The van der Waals surface area contributed by atoms with Crippen molar-refractivity contribution >= 4 is 17.5 Å². The van der Waals surface area contributed by atoms with Crippen LogP contribution in [0.15, 0.2) is 46.3 Å². The van der Waals surface area contributed by atoms with E-state index in [0.717, 1.165) is 4.90 Å². The van der Waals surface area contributed by atoms with E-state index in [9.17, 15) is 4.79 Å². The molecule has 1 aromatic heterocycles. The molecule has 0 atom stereocenters. The van der Waals surface area contributed by atoms with E-state index >= 15 is 0 Å². The minimum Gasteiger partial charge on any atom is -0.293 e. The maximum Gasteiger partial charge on any atom is 0.178 e. The Morgan fingerprint density at radius 2 is 1.94 bits per heavy atom. The van der Waals surface area contributed by atoms with Gasteiger partial charge >= 0.3 is 0 Å². The molecule has 0 N–H and O–H groups in total. The topological polar surface area (TPSA) is 30.0 Å². The van der Waals surface area contributed by atoms with Crippen LogP contribution < -0.4 is 0 Å². The lowest BCUT2D eigenvalue weighted by Gasteiger charge is -2.06. The van der Waals surface area contributed by atoms with E-state index in [-0.39, 0.29) is 5.78 Å². The van der Waals surface area contributed by atoms with Crippen molar-refractivity contribution in [1.82, 2.24) is 4.98 Å². The van der Waals surface area contributed by atoms with Crippen LogP contribution in [0.1, 0.15) is 28.5 Å². The maximum absolute atomic E-state index is 11.1. The largest absolute Gasteiger partial charge is 0.293 e. The Labute approximate surface area is 111 Å². The van der Waals surface area contributed by atoms with Crippen molar-refractivity contribution in [3.8, 4) is 0 Å². The van der Waals surface area contributed by atoms with Crippen LogP contribution in [0.2, 0.25) is 0 Å².